The van der Waals surface area contributed by atoms with Crippen LogP contribution in [-0.4, -0.2) is 45.8 Å². The lowest BCUT2D eigenvalue weighted by Crippen LogP contribution is -2.30. The van der Waals surface area contributed by atoms with Gasteiger partial charge in [0.1, 0.15) is 12.4 Å². The molecule has 0 bridgehead atoms. The van der Waals surface area contributed by atoms with Crippen molar-refractivity contribution >= 4 is 0 Å². The quantitative estimate of drug-likeness (QED) is 0.452. The summed E-state index contributed by atoms with van der Waals surface area (Å²) in [5, 5.41) is 3.68. The van der Waals surface area contributed by atoms with Crippen LogP contribution < -0.4 is 19.5 Å². The molecule has 0 aromatic heterocycles. The monoisotopic (exact) mass is 446 g/mol. The second kappa shape index (κ2) is 11.2. The topological polar surface area (TPSA) is 43.0 Å². The number of methoxy groups -OCH3 is 1. The average Bonchev–Trinajstić information content (AvgIpc) is 2.85. The van der Waals surface area contributed by atoms with E-state index in [9.17, 15) is 0 Å². The maximum Gasteiger partial charge on any atom is 0.161 e. The number of ether oxygens (including phenoxy) is 3. The molecule has 1 N–H and O–H groups in total. The van der Waals surface area contributed by atoms with E-state index in [4.69, 9.17) is 14.2 Å². The number of nitrogens with one attached hydrogen (secondary N) is 1. The Morgan fingerprint density at radius 1 is 0.939 bits per heavy atom. The summed E-state index contributed by atoms with van der Waals surface area (Å²) in [7, 11) is 5.86. The molecule has 0 spiro atoms. The third-order valence-electron chi connectivity index (χ3n) is 5.93. The highest BCUT2D eigenvalue weighted by Gasteiger charge is 2.24. The van der Waals surface area contributed by atoms with Crippen molar-refractivity contribution in [3.8, 4) is 17.2 Å². The Hall–Kier alpha value is -3.02. The summed E-state index contributed by atoms with van der Waals surface area (Å²) in [4.78, 5) is 2.17. The summed E-state index contributed by atoms with van der Waals surface area (Å²) in [6.45, 7) is 3.13. The molecule has 1 heterocycles. The molecular weight excluding hydrogens is 412 g/mol. The molecule has 4 rings (SSSR count). The van der Waals surface area contributed by atoms with E-state index in [2.05, 4.69) is 66.8 Å². The molecule has 5 nitrogen and oxygen atoms in total. The van der Waals surface area contributed by atoms with Crippen LogP contribution in [0.25, 0.3) is 0 Å². The van der Waals surface area contributed by atoms with E-state index in [1.54, 1.807) is 7.11 Å². The summed E-state index contributed by atoms with van der Waals surface area (Å²) < 4.78 is 17.9. The van der Waals surface area contributed by atoms with Crippen LogP contribution in [0.1, 0.15) is 34.7 Å². The van der Waals surface area contributed by atoms with Crippen LogP contribution in [0.2, 0.25) is 0 Å². The molecule has 0 fully saturated rings. The predicted molar refractivity (Wildman–Crippen MR) is 132 cm³/mol. The van der Waals surface area contributed by atoms with E-state index < -0.39 is 0 Å². The number of hydrogen-bond acceptors (Lipinski definition) is 5. The van der Waals surface area contributed by atoms with Crippen molar-refractivity contribution < 1.29 is 14.2 Å². The lowest BCUT2D eigenvalue weighted by molar-refractivity contribution is 0.267. The SMILES string of the molecule is COc1cc2c(cc1OCCCN(C)C)C(c1cccc(OCc3ccccc3)c1)NCC2. The van der Waals surface area contributed by atoms with Crippen LogP contribution in [0, 0.1) is 0 Å². The lowest BCUT2D eigenvalue weighted by Gasteiger charge is -2.29. The van der Waals surface area contributed by atoms with Crippen molar-refractivity contribution in [2.45, 2.75) is 25.5 Å². The third-order valence-corrected chi connectivity index (χ3v) is 5.93. The first-order chi connectivity index (χ1) is 16.1. The normalized spacial score (nSPS) is 15.2. The number of rotatable bonds is 10. The molecule has 33 heavy (non-hydrogen) atoms. The van der Waals surface area contributed by atoms with E-state index in [0.717, 1.165) is 48.7 Å². The van der Waals surface area contributed by atoms with Gasteiger partial charge in [-0.05, 0) is 73.5 Å². The van der Waals surface area contributed by atoms with Gasteiger partial charge in [-0.3, -0.25) is 0 Å². The minimum absolute atomic E-state index is 0.0871. The number of nitrogens with zero attached hydrogens (tertiary/aromatic N) is 1. The standard InChI is InChI=1S/C28H34N2O3/c1-30(2)15-8-16-32-27-19-25-22(18-26(27)31-3)13-14-29-28(25)23-11-7-12-24(17-23)33-20-21-9-5-4-6-10-21/h4-7,9-12,17-19,28-29H,8,13-16,20H2,1-3H3. The second-order valence-electron chi connectivity index (χ2n) is 8.69. The van der Waals surface area contributed by atoms with Gasteiger partial charge in [-0.1, -0.05) is 42.5 Å². The molecule has 3 aromatic rings. The van der Waals surface area contributed by atoms with Gasteiger partial charge in [-0.25, -0.2) is 0 Å². The van der Waals surface area contributed by atoms with E-state index >= 15 is 0 Å². The minimum Gasteiger partial charge on any atom is -0.493 e. The van der Waals surface area contributed by atoms with Crippen molar-refractivity contribution in [2.75, 3.05) is 40.9 Å². The summed E-state index contributed by atoms with van der Waals surface area (Å²) in [6.07, 6.45) is 1.93. The van der Waals surface area contributed by atoms with Crippen LogP contribution in [0.3, 0.4) is 0 Å². The molecule has 174 valence electrons. The average molecular weight is 447 g/mol. The molecule has 1 aliphatic rings. The van der Waals surface area contributed by atoms with E-state index in [1.165, 1.54) is 16.7 Å². The molecule has 1 unspecified atom stereocenters. The summed E-state index contributed by atoms with van der Waals surface area (Å²) in [5.74, 6) is 2.48. The molecule has 0 amide bonds. The first-order valence-corrected chi connectivity index (χ1v) is 11.6. The van der Waals surface area contributed by atoms with E-state index in [0.29, 0.717) is 13.2 Å². The zero-order chi connectivity index (χ0) is 23.0. The molecule has 0 saturated heterocycles. The fourth-order valence-corrected chi connectivity index (χ4v) is 4.22. The first kappa shape index (κ1) is 23.1. The number of hydrogen-bond donors (Lipinski definition) is 1. The highest BCUT2D eigenvalue weighted by atomic mass is 16.5. The van der Waals surface area contributed by atoms with Gasteiger partial charge in [0.2, 0.25) is 0 Å². The smallest absolute Gasteiger partial charge is 0.161 e. The van der Waals surface area contributed by atoms with Crippen LogP contribution in [0.4, 0.5) is 0 Å². The fourth-order valence-electron chi connectivity index (χ4n) is 4.22. The van der Waals surface area contributed by atoms with Crippen LogP contribution in [0.5, 0.6) is 17.2 Å². The van der Waals surface area contributed by atoms with Crippen molar-refractivity contribution in [1.82, 2.24) is 10.2 Å². The Bertz CT molecular complexity index is 1040. The molecule has 5 heteroatoms. The Morgan fingerprint density at radius 2 is 1.79 bits per heavy atom. The molecule has 1 aliphatic heterocycles. The summed E-state index contributed by atoms with van der Waals surface area (Å²) >= 11 is 0. The van der Waals surface area contributed by atoms with E-state index in [1.807, 2.05) is 24.3 Å². The number of benzene rings is 3. The zero-order valence-corrected chi connectivity index (χ0v) is 19.8. The van der Waals surface area contributed by atoms with Crippen LogP contribution in [0.15, 0.2) is 66.7 Å². The third kappa shape index (κ3) is 6.06. The van der Waals surface area contributed by atoms with Gasteiger partial charge in [0.05, 0.1) is 19.8 Å². The predicted octanol–water partition coefficient (Wildman–Crippen LogP) is 4.84. The highest BCUT2D eigenvalue weighted by Crippen LogP contribution is 2.38. The lowest BCUT2D eigenvalue weighted by atomic mass is 9.89. The molecule has 0 saturated carbocycles. The minimum atomic E-state index is 0.0871. The Balaban J connectivity index is 1.53. The van der Waals surface area contributed by atoms with E-state index in [-0.39, 0.29) is 6.04 Å². The van der Waals surface area contributed by atoms with Gasteiger partial charge < -0.3 is 24.4 Å². The maximum absolute atomic E-state index is 6.14. The summed E-state index contributed by atoms with van der Waals surface area (Å²) in [5.41, 5.74) is 4.88. The van der Waals surface area contributed by atoms with Gasteiger partial charge >= 0.3 is 0 Å². The van der Waals surface area contributed by atoms with Gasteiger partial charge in [0.15, 0.2) is 11.5 Å². The van der Waals surface area contributed by atoms with Crippen molar-refractivity contribution in [2.24, 2.45) is 0 Å². The Morgan fingerprint density at radius 3 is 2.58 bits per heavy atom. The fraction of sp³-hybridized carbons (Fsp3) is 0.357. The van der Waals surface area contributed by atoms with Crippen LogP contribution >= 0.6 is 0 Å². The van der Waals surface area contributed by atoms with Gasteiger partial charge in [-0.15, -0.1) is 0 Å². The molecule has 0 radical (unpaired) electrons. The second-order valence-corrected chi connectivity index (χ2v) is 8.69. The molecule has 3 aromatic carbocycles. The first-order valence-electron chi connectivity index (χ1n) is 11.6. The molecular formula is C28H34N2O3. The zero-order valence-electron chi connectivity index (χ0n) is 19.8. The Labute approximate surface area is 197 Å². The molecule has 1 atom stereocenters. The highest BCUT2D eigenvalue weighted by molar-refractivity contribution is 5.52. The van der Waals surface area contributed by atoms with Gasteiger partial charge in [-0.2, -0.15) is 0 Å². The summed E-state index contributed by atoms with van der Waals surface area (Å²) in [6, 6.07) is 23.0. The van der Waals surface area contributed by atoms with Crippen LogP contribution in [-0.2, 0) is 13.0 Å². The maximum atomic E-state index is 6.14. The van der Waals surface area contributed by atoms with Gasteiger partial charge in [0.25, 0.3) is 0 Å². The Kier molecular flexibility index (Phi) is 7.87. The van der Waals surface area contributed by atoms with Crippen molar-refractivity contribution in [1.29, 1.82) is 0 Å². The largest absolute Gasteiger partial charge is 0.493 e. The van der Waals surface area contributed by atoms with Crippen molar-refractivity contribution in [3.05, 3.63) is 89.0 Å². The van der Waals surface area contributed by atoms with Gasteiger partial charge in [0, 0.05) is 13.1 Å². The number of fused-ring (bicyclic) bond motifs is 1. The van der Waals surface area contributed by atoms with Crippen molar-refractivity contribution in [3.63, 3.8) is 0 Å². The molecule has 0 aliphatic carbocycles.